The van der Waals surface area contributed by atoms with Crippen molar-refractivity contribution in [2.45, 2.75) is 6.61 Å². The van der Waals surface area contributed by atoms with Crippen molar-refractivity contribution in [2.75, 3.05) is 0 Å². The summed E-state index contributed by atoms with van der Waals surface area (Å²) < 4.78 is 5.45. The lowest BCUT2D eigenvalue weighted by Gasteiger charge is -2.07. The molecule has 20 heavy (non-hydrogen) atoms. The number of nitro groups is 1. The minimum absolute atomic E-state index is 0.0455. The van der Waals surface area contributed by atoms with Crippen molar-refractivity contribution in [3.8, 4) is 17.6 Å². The standard InChI is InChI=1S/C14H10N2O4/c15-8-10-4-5-14(13(7-10)16(18)19)20-12-3-1-2-11(6-12)9-17/h1-7,17H,9H2. The number of benzene rings is 2. The van der Waals surface area contributed by atoms with Gasteiger partial charge in [-0.15, -0.1) is 0 Å². The summed E-state index contributed by atoms with van der Waals surface area (Å²) in [4.78, 5) is 10.4. The maximum absolute atomic E-state index is 11.0. The van der Waals surface area contributed by atoms with Crippen LogP contribution in [0.5, 0.6) is 11.5 Å². The second kappa shape index (κ2) is 5.82. The van der Waals surface area contributed by atoms with Gasteiger partial charge >= 0.3 is 5.69 Å². The Morgan fingerprint density at radius 2 is 2.10 bits per heavy atom. The van der Waals surface area contributed by atoms with Gasteiger partial charge < -0.3 is 9.84 Å². The number of aliphatic hydroxyl groups is 1. The van der Waals surface area contributed by atoms with Crippen LogP contribution in [0.3, 0.4) is 0 Å². The lowest BCUT2D eigenvalue weighted by atomic mass is 10.2. The number of rotatable bonds is 4. The van der Waals surface area contributed by atoms with E-state index in [1.807, 2.05) is 6.07 Å². The predicted molar refractivity (Wildman–Crippen MR) is 70.3 cm³/mol. The molecule has 2 aromatic rings. The van der Waals surface area contributed by atoms with Gasteiger partial charge in [-0.3, -0.25) is 10.1 Å². The summed E-state index contributed by atoms with van der Waals surface area (Å²) in [6.45, 7) is -0.146. The number of hydrogen-bond donors (Lipinski definition) is 1. The summed E-state index contributed by atoms with van der Waals surface area (Å²) in [5, 5.41) is 28.8. The highest BCUT2D eigenvalue weighted by Crippen LogP contribution is 2.32. The van der Waals surface area contributed by atoms with Gasteiger partial charge in [0.15, 0.2) is 0 Å². The molecule has 0 aromatic heterocycles. The summed E-state index contributed by atoms with van der Waals surface area (Å²) in [6.07, 6.45) is 0. The third kappa shape index (κ3) is 2.91. The molecule has 0 aliphatic carbocycles. The average Bonchev–Trinajstić information content (AvgIpc) is 2.47. The number of hydrogen-bond acceptors (Lipinski definition) is 5. The summed E-state index contributed by atoms with van der Waals surface area (Å²) >= 11 is 0. The number of nitrogens with zero attached hydrogens (tertiary/aromatic N) is 2. The van der Waals surface area contributed by atoms with E-state index in [0.717, 1.165) is 6.07 Å². The molecule has 0 unspecified atom stereocenters. The van der Waals surface area contributed by atoms with Crippen molar-refractivity contribution in [3.63, 3.8) is 0 Å². The monoisotopic (exact) mass is 270 g/mol. The van der Waals surface area contributed by atoms with Gasteiger partial charge in [-0.05, 0) is 29.8 Å². The summed E-state index contributed by atoms with van der Waals surface area (Å²) in [5.41, 5.74) is 0.547. The van der Waals surface area contributed by atoms with Crippen LogP contribution < -0.4 is 4.74 Å². The maximum Gasteiger partial charge on any atom is 0.312 e. The first-order chi connectivity index (χ1) is 9.63. The maximum atomic E-state index is 11.0. The van der Waals surface area contributed by atoms with Crippen molar-refractivity contribution in [1.82, 2.24) is 0 Å². The lowest BCUT2D eigenvalue weighted by Crippen LogP contribution is -1.95. The summed E-state index contributed by atoms with van der Waals surface area (Å²) in [7, 11) is 0. The van der Waals surface area contributed by atoms with Crippen LogP contribution in [0.2, 0.25) is 0 Å². The highest BCUT2D eigenvalue weighted by molar-refractivity contribution is 5.53. The first kappa shape index (κ1) is 13.5. The minimum atomic E-state index is -0.605. The molecule has 2 aromatic carbocycles. The van der Waals surface area contributed by atoms with Crippen LogP contribution >= 0.6 is 0 Å². The molecule has 1 N–H and O–H groups in total. The van der Waals surface area contributed by atoms with Crippen LogP contribution in [-0.4, -0.2) is 10.0 Å². The van der Waals surface area contributed by atoms with Crippen molar-refractivity contribution in [1.29, 1.82) is 5.26 Å². The van der Waals surface area contributed by atoms with Gasteiger partial charge in [-0.1, -0.05) is 12.1 Å². The van der Waals surface area contributed by atoms with Crippen LogP contribution in [0, 0.1) is 21.4 Å². The van der Waals surface area contributed by atoms with E-state index in [0.29, 0.717) is 11.3 Å². The first-order valence-electron chi connectivity index (χ1n) is 5.70. The van der Waals surface area contributed by atoms with E-state index in [-0.39, 0.29) is 23.6 Å². The molecular weight excluding hydrogens is 260 g/mol. The largest absolute Gasteiger partial charge is 0.450 e. The van der Waals surface area contributed by atoms with Crippen LogP contribution in [0.1, 0.15) is 11.1 Å². The second-order valence-corrected chi connectivity index (χ2v) is 3.96. The highest BCUT2D eigenvalue weighted by atomic mass is 16.6. The van der Waals surface area contributed by atoms with Crippen LogP contribution in [0.15, 0.2) is 42.5 Å². The van der Waals surface area contributed by atoms with Gasteiger partial charge in [-0.25, -0.2) is 0 Å². The molecule has 6 heteroatoms. The van der Waals surface area contributed by atoms with E-state index in [4.69, 9.17) is 15.1 Å². The molecule has 0 heterocycles. The Hall–Kier alpha value is -2.91. The molecule has 0 aliphatic rings. The third-order valence-corrected chi connectivity index (χ3v) is 2.59. The minimum Gasteiger partial charge on any atom is -0.450 e. The number of nitriles is 1. The Morgan fingerprint density at radius 1 is 1.30 bits per heavy atom. The Balaban J connectivity index is 2.37. The molecule has 0 aliphatic heterocycles. The van der Waals surface area contributed by atoms with Crippen LogP contribution in [0.4, 0.5) is 5.69 Å². The summed E-state index contributed by atoms with van der Waals surface area (Å²) in [5.74, 6) is 0.424. The van der Waals surface area contributed by atoms with Crippen molar-refractivity contribution in [2.24, 2.45) is 0 Å². The predicted octanol–water partition coefficient (Wildman–Crippen LogP) is 2.75. The molecule has 0 saturated carbocycles. The quantitative estimate of drug-likeness (QED) is 0.680. The highest BCUT2D eigenvalue weighted by Gasteiger charge is 2.16. The zero-order valence-electron chi connectivity index (χ0n) is 10.3. The lowest BCUT2D eigenvalue weighted by molar-refractivity contribution is -0.385. The van der Waals surface area contributed by atoms with Gasteiger partial charge in [0.1, 0.15) is 5.75 Å². The molecule has 100 valence electrons. The van der Waals surface area contributed by atoms with E-state index in [9.17, 15) is 10.1 Å². The molecule has 0 spiro atoms. The zero-order chi connectivity index (χ0) is 14.5. The molecular formula is C14H10N2O4. The van der Waals surface area contributed by atoms with E-state index < -0.39 is 4.92 Å². The molecule has 0 bridgehead atoms. The number of ether oxygens (including phenoxy) is 1. The van der Waals surface area contributed by atoms with Gasteiger partial charge in [0, 0.05) is 6.07 Å². The van der Waals surface area contributed by atoms with Crippen molar-refractivity contribution >= 4 is 5.69 Å². The van der Waals surface area contributed by atoms with Crippen LogP contribution in [0.25, 0.3) is 0 Å². The summed E-state index contributed by atoms with van der Waals surface area (Å²) in [6, 6.07) is 12.4. The average molecular weight is 270 g/mol. The van der Waals surface area contributed by atoms with Crippen molar-refractivity contribution in [3.05, 3.63) is 63.7 Å². The van der Waals surface area contributed by atoms with E-state index >= 15 is 0 Å². The molecule has 0 fully saturated rings. The Kier molecular flexibility index (Phi) is 3.93. The van der Waals surface area contributed by atoms with Gasteiger partial charge in [0.2, 0.25) is 5.75 Å². The third-order valence-electron chi connectivity index (χ3n) is 2.59. The fraction of sp³-hybridized carbons (Fsp3) is 0.0714. The molecule has 0 saturated heterocycles. The topological polar surface area (TPSA) is 96.4 Å². The molecule has 6 nitrogen and oxygen atoms in total. The van der Waals surface area contributed by atoms with Crippen molar-refractivity contribution < 1.29 is 14.8 Å². The number of aliphatic hydroxyl groups excluding tert-OH is 1. The number of nitro benzene ring substituents is 1. The van der Waals surface area contributed by atoms with E-state index in [1.54, 1.807) is 24.3 Å². The Morgan fingerprint density at radius 3 is 2.75 bits per heavy atom. The van der Waals surface area contributed by atoms with Gasteiger partial charge in [0.05, 0.1) is 23.2 Å². The fourth-order valence-corrected chi connectivity index (χ4v) is 1.65. The van der Waals surface area contributed by atoms with E-state index in [1.165, 1.54) is 12.1 Å². The molecule has 0 atom stereocenters. The Labute approximate surface area is 114 Å². The molecule has 2 rings (SSSR count). The SMILES string of the molecule is N#Cc1ccc(Oc2cccc(CO)c2)c([N+](=O)[O-])c1. The normalized spacial score (nSPS) is 9.80. The molecule has 0 radical (unpaired) electrons. The zero-order valence-corrected chi connectivity index (χ0v) is 10.3. The second-order valence-electron chi connectivity index (χ2n) is 3.96. The van der Waals surface area contributed by atoms with E-state index in [2.05, 4.69) is 0 Å². The Bertz CT molecular complexity index is 692. The fourth-order valence-electron chi connectivity index (χ4n) is 1.65. The smallest absolute Gasteiger partial charge is 0.312 e. The van der Waals surface area contributed by atoms with Gasteiger partial charge in [-0.2, -0.15) is 5.26 Å². The molecule has 0 amide bonds. The van der Waals surface area contributed by atoms with Gasteiger partial charge in [0.25, 0.3) is 0 Å². The van der Waals surface area contributed by atoms with Crippen LogP contribution in [-0.2, 0) is 6.61 Å². The first-order valence-corrected chi connectivity index (χ1v) is 5.70.